The average molecular weight is 418 g/mol. The van der Waals surface area contributed by atoms with Crippen molar-refractivity contribution in [3.63, 3.8) is 0 Å². The van der Waals surface area contributed by atoms with Crippen LogP contribution in [0.15, 0.2) is 47.6 Å². The number of amides is 2. The van der Waals surface area contributed by atoms with E-state index in [4.69, 9.17) is 21.1 Å². The zero-order valence-corrected chi connectivity index (χ0v) is 17.2. The Hall–Kier alpha value is -3.06. The van der Waals surface area contributed by atoms with Gasteiger partial charge in [-0.1, -0.05) is 30.7 Å². The second-order valence-corrected chi connectivity index (χ2v) is 6.52. The Morgan fingerprint density at radius 1 is 1.14 bits per heavy atom. The summed E-state index contributed by atoms with van der Waals surface area (Å²) in [5.74, 6) is 0.498. The molecule has 0 aliphatic rings. The van der Waals surface area contributed by atoms with Crippen molar-refractivity contribution in [3.05, 3.63) is 53.1 Å². The molecule has 0 saturated carbocycles. The first kappa shape index (κ1) is 22.2. The van der Waals surface area contributed by atoms with Crippen molar-refractivity contribution in [1.82, 2.24) is 5.43 Å². The summed E-state index contributed by atoms with van der Waals surface area (Å²) in [4.78, 5) is 23.9. The fourth-order valence-electron chi connectivity index (χ4n) is 2.40. The summed E-state index contributed by atoms with van der Waals surface area (Å²) in [5.41, 5.74) is 3.67. The van der Waals surface area contributed by atoms with Gasteiger partial charge < -0.3 is 14.8 Å². The molecule has 0 aliphatic heterocycles. The van der Waals surface area contributed by atoms with Gasteiger partial charge in [-0.05, 0) is 36.8 Å². The number of carbonyl (C=O) groups is 2. The highest BCUT2D eigenvalue weighted by Gasteiger charge is 2.10. The van der Waals surface area contributed by atoms with Gasteiger partial charge >= 0.3 is 0 Å². The zero-order valence-electron chi connectivity index (χ0n) is 16.4. The number of hydrogen-bond donors (Lipinski definition) is 2. The monoisotopic (exact) mass is 417 g/mol. The molecule has 0 bridgehead atoms. The SMILES string of the molecule is CCCOc1c(C=NNC(=O)CCC(=O)Nc2cccc(Cl)c2)cccc1OC. The van der Waals surface area contributed by atoms with E-state index in [0.29, 0.717) is 34.4 Å². The number of carbonyl (C=O) groups excluding carboxylic acids is 2. The molecule has 0 saturated heterocycles. The Balaban J connectivity index is 1.85. The fourth-order valence-corrected chi connectivity index (χ4v) is 2.59. The molecule has 8 heteroatoms. The number of hydrazone groups is 1. The van der Waals surface area contributed by atoms with Gasteiger partial charge in [0, 0.05) is 29.1 Å². The number of rotatable bonds is 10. The molecular weight excluding hydrogens is 394 g/mol. The fraction of sp³-hybridized carbons (Fsp3) is 0.286. The smallest absolute Gasteiger partial charge is 0.240 e. The van der Waals surface area contributed by atoms with Crippen LogP contribution in [0, 0.1) is 0 Å². The third kappa shape index (κ3) is 7.46. The minimum atomic E-state index is -0.374. The number of hydrogen-bond acceptors (Lipinski definition) is 5. The van der Waals surface area contributed by atoms with Gasteiger partial charge in [-0.15, -0.1) is 0 Å². The maximum atomic E-state index is 11.9. The number of nitrogens with zero attached hydrogens (tertiary/aromatic N) is 1. The lowest BCUT2D eigenvalue weighted by Gasteiger charge is -2.12. The Morgan fingerprint density at radius 2 is 1.90 bits per heavy atom. The van der Waals surface area contributed by atoms with Crippen molar-refractivity contribution in [2.45, 2.75) is 26.2 Å². The van der Waals surface area contributed by atoms with Crippen molar-refractivity contribution < 1.29 is 19.1 Å². The summed E-state index contributed by atoms with van der Waals surface area (Å²) in [7, 11) is 1.56. The highest BCUT2D eigenvalue weighted by molar-refractivity contribution is 6.30. The molecule has 2 aromatic rings. The molecule has 2 amide bonds. The first-order valence-electron chi connectivity index (χ1n) is 9.20. The second-order valence-electron chi connectivity index (χ2n) is 6.08. The standard InChI is InChI=1S/C21H24ClN3O4/c1-3-12-29-21-15(6-4-9-18(21)28-2)14-23-25-20(27)11-10-19(26)24-17-8-5-7-16(22)13-17/h4-9,13-14H,3,10-12H2,1-2H3,(H,24,26)(H,25,27). The van der Waals surface area contributed by atoms with Gasteiger partial charge in [0.15, 0.2) is 11.5 Å². The van der Waals surface area contributed by atoms with Crippen LogP contribution in [-0.4, -0.2) is 31.7 Å². The molecule has 0 heterocycles. The molecule has 2 aromatic carbocycles. The Kier molecular flexibility index (Phi) is 8.98. The number of para-hydroxylation sites is 1. The highest BCUT2D eigenvalue weighted by atomic mass is 35.5. The Bertz CT molecular complexity index is 871. The third-order valence-electron chi connectivity index (χ3n) is 3.76. The van der Waals surface area contributed by atoms with E-state index < -0.39 is 0 Å². The van der Waals surface area contributed by atoms with E-state index in [1.807, 2.05) is 13.0 Å². The summed E-state index contributed by atoms with van der Waals surface area (Å²) < 4.78 is 11.0. The summed E-state index contributed by atoms with van der Waals surface area (Å²) in [6.07, 6.45) is 2.36. The highest BCUT2D eigenvalue weighted by Crippen LogP contribution is 2.30. The van der Waals surface area contributed by atoms with E-state index in [-0.39, 0.29) is 24.7 Å². The van der Waals surface area contributed by atoms with Gasteiger partial charge in [0.05, 0.1) is 19.9 Å². The van der Waals surface area contributed by atoms with Gasteiger partial charge in [-0.25, -0.2) is 5.43 Å². The molecule has 0 unspecified atom stereocenters. The maximum Gasteiger partial charge on any atom is 0.240 e. The predicted octanol–water partition coefficient (Wildman–Crippen LogP) is 4.01. The summed E-state index contributed by atoms with van der Waals surface area (Å²) in [5, 5.41) is 7.16. The van der Waals surface area contributed by atoms with Gasteiger partial charge in [0.1, 0.15) is 0 Å². The lowest BCUT2D eigenvalue weighted by molar-refractivity contribution is -0.124. The van der Waals surface area contributed by atoms with Crippen LogP contribution in [0.2, 0.25) is 5.02 Å². The molecule has 0 aromatic heterocycles. The molecule has 2 rings (SSSR count). The zero-order chi connectivity index (χ0) is 21.1. The number of benzene rings is 2. The first-order valence-corrected chi connectivity index (χ1v) is 9.58. The van der Waals surface area contributed by atoms with E-state index in [1.165, 1.54) is 6.21 Å². The van der Waals surface area contributed by atoms with Gasteiger partial charge in [-0.2, -0.15) is 5.10 Å². The lowest BCUT2D eigenvalue weighted by atomic mass is 10.2. The van der Waals surface area contributed by atoms with E-state index in [9.17, 15) is 9.59 Å². The molecule has 154 valence electrons. The third-order valence-corrected chi connectivity index (χ3v) is 4.00. The van der Waals surface area contributed by atoms with Gasteiger partial charge in [0.25, 0.3) is 0 Å². The van der Waals surface area contributed by atoms with Crippen molar-refractivity contribution in [2.24, 2.45) is 5.10 Å². The number of ether oxygens (including phenoxy) is 2. The molecule has 2 N–H and O–H groups in total. The molecule has 0 spiro atoms. The van der Waals surface area contributed by atoms with E-state index in [1.54, 1.807) is 43.5 Å². The lowest BCUT2D eigenvalue weighted by Crippen LogP contribution is -2.20. The van der Waals surface area contributed by atoms with Crippen LogP contribution in [0.1, 0.15) is 31.7 Å². The van der Waals surface area contributed by atoms with E-state index in [2.05, 4.69) is 15.8 Å². The van der Waals surface area contributed by atoms with Crippen molar-refractivity contribution in [3.8, 4) is 11.5 Å². The van der Waals surface area contributed by atoms with Gasteiger partial charge in [0.2, 0.25) is 11.8 Å². The summed E-state index contributed by atoms with van der Waals surface area (Å²) >= 11 is 5.87. The predicted molar refractivity (Wildman–Crippen MR) is 114 cm³/mol. The van der Waals surface area contributed by atoms with Crippen LogP contribution < -0.4 is 20.2 Å². The quantitative estimate of drug-likeness (QED) is 0.451. The number of methoxy groups -OCH3 is 1. The summed E-state index contributed by atoms with van der Waals surface area (Å²) in [6, 6.07) is 12.2. The molecule has 0 radical (unpaired) electrons. The minimum absolute atomic E-state index is 0.00103. The molecule has 0 atom stereocenters. The summed E-state index contributed by atoms with van der Waals surface area (Å²) in [6.45, 7) is 2.54. The van der Waals surface area contributed by atoms with Crippen LogP contribution in [-0.2, 0) is 9.59 Å². The topological polar surface area (TPSA) is 89.0 Å². The maximum absolute atomic E-state index is 11.9. The molecule has 29 heavy (non-hydrogen) atoms. The largest absolute Gasteiger partial charge is 0.493 e. The van der Waals surface area contributed by atoms with Crippen molar-refractivity contribution in [2.75, 3.05) is 19.0 Å². The normalized spacial score (nSPS) is 10.6. The molecule has 7 nitrogen and oxygen atoms in total. The number of anilines is 1. The Labute approximate surface area is 175 Å². The van der Waals surface area contributed by atoms with Crippen LogP contribution in [0.25, 0.3) is 0 Å². The number of nitrogens with one attached hydrogen (secondary N) is 2. The average Bonchev–Trinajstić information content (AvgIpc) is 2.71. The molecular formula is C21H24ClN3O4. The van der Waals surface area contributed by atoms with Crippen molar-refractivity contribution in [1.29, 1.82) is 0 Å². The molecule has 0 aliphatic carbocycles. The van der Waals surface area contributed by atoms with E-state index >= 15 is 0 Å². The van der Waals surface area contributed by atoms with Crippen LogP contribution in [0.5, 0.6) is 11.5 Å². The van der Waals surface area contributed by atoms with Crippen LogP contribution in [0.3, 0.4) is 0 Å². The van der Waals surface area contributed by atoms with Crippen LogP contribution >= 0.6 is 11.6 Å². The second kappa shape index (κ2) is 11.7. The number of halogens is 1. The minimum Gasteiger partial charge on any atom is -0.493 e. The first-order chi connectivity index (χ1) is 14.0. The van der Waals surface area contributed by atoms with Gasteiger partial charge in [-0.3, -0.25) is 9.59 Å². The van der Waals surface area contributed by atoms with Crippen molar-refractivity contribution >= 4 is 35.3 Å². The molecule has 0 fully saturated rings. The van der Waals surface area contributed by atoms with E-state index in [0.717, 1.165) is 6.42 Å². The van der Waals surface area contributed by atoms with Crippen LogP contribution in [0.4, 0.5) is 5.69 Å². The Morgan fingerprint density at radius 3 is 2.62 bits per heavy atom.